The first-order valence-electron chi connectivity index (χ1n) is 2.23. The molecule has 1 aromatic rings. The summed E-state index contributed by atoms with van der Waals surface area (Å²) in [5, 5.41) is 5.22. The molecular formula is C6H7BrMgS. The Labute approximate surface area is 86.6 Å². The molecule has 0 nitrogen and oxygen atoms in total. The molecule has 46 valence electrons. The molecule has 0 aromatic carbocycles. The van der Waals surface area contributed by atoms with Crippen molar-refractivity contribution in [1.29, 1.82) is 0 Å². The summed E-state index contributed by atoms with van der Waals surface area (Å²) in [5.41, 5.74) is 2.63. The SMILES string of the molecule is Cc1[c-]scc1C.[Br-].[Mg+2]. The monoisotopic (exact) mass is 214 g/mol. The van der Waals surface area contributed by atoms with Crippen molar-refractivity contribution in [2.24, 2.45) is 0 Å². The normalized spacial score (nSPS) is 7.33. The zero-order valence-electron chi connectivity index (χ0n) is 5.57. The van der Waals surface area contributed by atoms with E-state index in [1.165, 1.54) is 11.1 Å². The van der Waals surface area contributed by atoms with Gasteiger partial charge in [-0.1, -0.05) is 13.8 Å². The van der Waals surface area contributed by atoms with Gasteiger partial charge in [-0.2, -0.15) is 16.5 Å². The molecule has 0 aliphatic rings. The molecule has 0 fully saturated rings. The third-order valence-corrected chi connectivity index (χ3v) is 1.93. The van der Waals surface area contributed by atoms with Crippen molar-refractivity contribution in [1.82, 2.24) is 0 Å². The summed E-state index contributed by atoms with van der Waals surface area (Å²) in [5.74, 6) is 0. The Kier molecular flexibility index (Phi) is 8.00. The number of thiophene rings is 1. The largest absolute Gasteiger partial charge is 2.00 e. The molecule has 1 rings (SSSR count). The first-order chi connectivity index (χ1) is 3.30. The molecular weight excluding hydrogens is 208 g/mol. The van der Waals surface area contributed by atoms with Crippen LogP contribution >= 0.6 is 11.3 Å². The summed E-state index contributed by atoms with van der Waals surface area (Å²) in [6.45, 7) is 4.17. The maximum absolute atomic E-state index is 3.11. The fourth-order valence-corrected chi connectivity index (χ4v) is 1.13. The molecule has 0 N–H and O–H groups in total. The summed E-state index contributed by atoms with van der Waals surface area (Å²) in [4.78, 5) is 0. The van der Waals surface area contributed by atoms with Gasteiger partial charge in [0.15, 0.2) is 0 Å². The van der Waals surface area contributed by atoms with E-state index in [0.717, 1.165) is 0 Å². The zero-order valence-corrected chi connectivity index (χ0v) is 9.39. The van der Waals surface area contributed by atoms with E-state index in [1.54, 1.807) is 11.3 Å². The first-order valence-corrected chi connectivity index (χ1v) is 3.11. The Balaban J connectivity index is 0. The van der Waals surface area contributed by atoms with Gasteiger partial charge in [0.2, 0.25) is 0 Å². The van der Waals surface area contributed by atoms with Gasteiger partial charge in [-0.15, -0.1) is 5.38 Å². The molecule has 1 aromatic heterocycles. The summed E-state index contributed by atoms with van der Waals surface area (Å²) in [6, 6.07) is 0. The van der Waals surface area contributed by atoms with E-state index < -0.39 is 0 Å². The van der Waals surface area contributed by atoms with Crippen LogP contribution in [-0.2, 0) is 0 Å². The van der Waals surface area contributed by atoms with Gasteiger partial charge in [-0.25, -0.2) is 0 Å². The maximum atomic E-state index is 3.11. The summed E-state index contributed by atoms with van der Waals surface area (Å²) in [7, 11) is 0. The molecule has 3 heteroatoms. The second-order valence-corrected chi connectivity index (χ2v) is 2.32. The molecule has 0 saturated carbocycles. The van der Waals surface area contributed by atoms with Crippen molar-refractivity contribution in [2.45, 2.75) is 13.8 Å². The van der Waals surface area contributed by atoms with Crippen LogP contribution in [0.5, 0.6) is 0 Å². The van der Waals surface area contributed by atoms with E-state index in [0.29, 0.717) is 0 Å². The first kappa shape index (κ1) is 12.6. The maximum Gasteiger partial charge on any atom is 2.00 e. The van der Waals surface area contributed by atoms with Crippen LogP contribution in [0.25, 0.3) is 0 Å². The predicted octanol–water partition coefficient (Wildman–Crippen LogP) is -1.21. The summed E-state index contributed by atoms with van der Waals surface area (Å²) >= 11 is 1.64. The molecule has 0 radical (unpaired) electrons. The Morgan fingerprint density at radius 2 is 2.00 bits per heavy atom. The average molecular weight is 215 g/mol. The van der Waals surface area contributed by atoms with Crippen LogP contribution in [0, 0.1) is 19.2 Å². The van der Waals surface area contributed by atoms with Crippen LogP contribution in [0.1, 0.15) is 11.1 Å². The van der Waals surface area contributed by atoms with E-state index in [2.05, 4.69) is 24.6 Å². The minimum Gasteiger partial charge on any atom is -1.00 e. The van der Waals surface area contributed by atoms with Crippen LogP contribution in [0.4, 0.5) is 0 Å². The van der Waals surface area contributed by atoms with E-state index in [4.69, 9.17) is 0 Å². The molecule has 0 bridgehead atoms. The van der Waals surface area contributed by atoms with Gasteiger partial charge >= 0.3 is 23.1 Å². The second-order valence-electron chi connectivity index (χ2n) is 1.65. The van der Waals surface area contributed by atoms with Gasteiger partial charge in [0, 0.05) is 0 Å². The fourth-order valence-electron chi connectivity index (χ4n) is 0.375. The van der Waals surface area contributed by atoms with Crippen LogP contribution in [0.2, 0.25) is 0 Å². The zero-order chi connectivity index (χ0) is 5.28. The van der Waals surface area contributed by atoms with Crippen molar-refractivity contribution in [3.05, 3.63) is 21.9 Å². The Bertz CT molecular complexity index is 145. The second kappa shape index (κ2) is 5.71. The van der Waals surface area contributed by atoms with Crippen molar-refractivity contribution in [3.63, 3.8) is 0 Å². The topological polar surface area (TPSA) is 0 Å². The smallest absolute Gasteiger partial charge is 1.00 e. The van der Waals surface area contributed by atoms with Crippen molar-refractivity contribution < 1.29 is 17.0 Å². The fraction of sp³-hybridized carbons (Fsp3) is 0.333. The number of rotatable bonds is 0. The molecule has 0 amide bonds. The predicted molar refractivity (Wildman–Crippen MR) is 38.4 cm³/mol. The molecule has 0 saturated heterocycles. The molecule has 0 spiro atoms. The number of hydrogen-bond acceptors (Lipinski definition) is 1. The Morgan fingerprint density at radius 3 is 2.11 bits per heavy atom. The summed E-state index contributed by atoms with van der Waals surface area (Å²) < 4.78 is 0. The molecule has 0 aliphatic carbocycles. The minimum absolute atomic E-state index is 0. The average Bonchev–Trinajstić information content (AvgIpc) is 1.91. The van der Waals surface area contributed by atoms with Gasteiger partial charge in [-0.3, -0.25) is 0 Å². The van der Waals surface area contributed by atoms with Gasteiger partial charge in [0.05, 0.1) is 0 Å². The Morgan fingerprint density at radius 1 is 1.44 bits per heavy atom. The van der Waals surface area contributed by atoms with Crippen molar-refractivity contribution in [3.8, 4) is 0 Å². The van der Waals surface area contributed by atoms with E-state index in [-0.39, 0.29) is 40.0 Å². The van der Waals surface area contributed by atoms with E-state index in [9.17, 15) is 0 Å². The molecule has 0 atom stereocenters. The van der Waals surface area contributed by atoms with Gasteiger partial charge in [0.1, 0.15) is 0 Å². The molecule has 0 unspecified atom stereocenters. The van der Waals surface area contributed by atoms with Crippen molar-refractivity contribution in [2.75, 3.05) is 0 Å². The van der Waals surface area contributed by atoms with Crippen LogP contribution in [0.15, 0.2) is 5.38 Å². The van der Waals surface area contributed by atoms with Crippen molar-refractivity contribution >= 4 is 34.4 Å². The van der Waals surface area contributed by atoms with Gasteiger partial charge in [0.25, 0.3) is 0 Å². The minimum atomic E-state index is 0. The van der Waals surface area contributed by atoms with Gasteiger partial charge in [-0.05, 0) is 0 Å². The summed E-state index contributed by atoms with van der Waals surface area (Å²) in [6.07, 6.45) is 0. The third kappa shape index (κ3) is 3.60. The Hall–Kier alpha value is 0.946. The van der Waals surface area contributed by atoms with E-state index >= 15 is 0 Å². The third-order valence-electron chi connectivity index (χ3n) is 1.04. The number of aryl methyl sites for hydroxylation is 2. The van der Waals surface area contributed by atoms with Crippen LogP contribution < -0.4 is 17.0 Å². The van der Waals surface area contributed by atoms with Crippen LogP contribution in [-0.4, -0.2) is 23.1 Å². The molecule has 1 heterocycles. The quantitative estimate of drug-likeness (QED) is 0.376. The molecule has 0 aliphatic heterocycles. The number of hydrogen-bond donors (Lipinski definition) is 0. The van der Waals surface area contributed by atoms with E-state index in [1.807, 2.05) is 0 Å². The molecule has 9 heavy (non-hydrogen) atoms. The number of halogens is 1. The standard InChI is InChI=1S/C6H7S.BrH.Mg/c1-5-3-7-4-6(5)2;;/h3H,1-2H3;1H;/q-1;;+2/p-1. The van der Waals surface area contributed by atoms with Crippen LogP contribution in [0.3, 0.4) is 0 Å². The van der Waals surface area contributed by atoms with Gasteiger partial charge < -0.3 is 28.3 Å².